The van der Waals surface area contributed by atoms with Gasteiger partial charge in [0.05, 0.1) is 0 Å². The Labute approximate surface area is 111 Å². The Morgan fingerprint density at radius 1 is 1.00 bits per heavy atom. The van der Waals surface area contributed by atoms with Gasteiger partial charge in [-0.15, -0.1) is 0 Å². The van der Waals surface area contributed by atoms with E-state index < -0.39 is 0 Å². The summed E-state index contributed by atoms with van der Waals surface area (Å²) in [6, 6.07) is 0.405. The minimum atomic E-state index is 0.142. The van der Waals surface area contributed by atoms with Gasteiger partial charge in [-0.2, -0.15) is 0 Å². The number of urea groups is 1. The van der Waals surface area contributed by atoms with Gasteiger partial charge in [0.15, 0.2) is 0 Å². The number of nitrogens with one attached hydrogen (secondary N) is 1. The highest BCUT2D eigenvalue weighted by Crippen LogP contribution is 2.10. The third-order valence-electron chi connectivity index (χ3n) is 3.99. The van der Waals surface area contributed by atoms with Crippen molar-refractivity contribution >= 4 is 6.03 Å². The molecule has 0 aromatic rings. The van der Waals surface area contributed by atoms with Crippen LogP contribution in [0.5, 0.6) is 0 Å². The first-order valence-electron chi connectivity index (χ1n) is 7.53. The van der Waals surface area contributed by atoms with E-state index in [1.165, 1.54) is 38.8 Å². The molecule has 0 aromatic heterocycles. The third kappa shape index (κ3) is 4.16. The Hall–Kier alpha value is -0.770. The lowest BCUT2D eigenvalue weighted by Gasteiger charge is -2.26. The summed E-state index contributed by atoms with van der Waals surface area (Å²) < 4.78 is 0. The van der Waals surface area contributed by atoms with Crippen LogP contribution in [-0.2, 0) is 0 Å². The Morgan fingerprint density at radius 2 is 1.56 bits per heavy atom. The summed E-state index contributed by atoms with van der Waals surface area (Å²) in [5, 5.41) is 3.15. The number of carbonyl (C=O) groups excluding carboxylic acids is 1. The van der Waals surface area contributed by atoms with E-state index in [-0.39, 0.29) is 12.1 Å². The van der Waals surface area contributed by atoms with Crippen molar-refractivity contribution in [3.8, 4) is 0 Å². The maximum atomic E-state index is 12.1. The molecule has 0 radical (unpaired) electrons. The van der Waals surface area contributed by atoms with Crippen molar-refractivity contribution in [3.63, 3.8) is 0 Å². The fraction of sp³-hybridized carbons (Fsp3) is 0.929. The summed E-state index contributed by atoms with van der Waals surface area (Å²) in [6.45, 7) is 7.38. The Bertz CT molecular complexity index is 256. The molecule has 1 unspecified atom stereocenters. The highest BCUT2D eigenvalue weighted by molar-refractivity contribution is 5.74. The van der Waals surface area contributed by atoms with Gasteiger partial charge in [-0.25, -0.2) is 4.79 Å². The fourth-order valence-corrected chi connectivity index (χ4v) is 2.97. The number of hydrogen-bond donors (Lipinski definition) is 1. The standard InChI is InChI=1S/C14H27N3O/c1-13(12-16-8-6-7-9-16)15-14(18)17-10-4-2-3-5-11-17/h13H,2-12H2,1H3,(H,15,18). The summed E-state index contributed by atoms with van der Waals surface area (Å²) in [6.07, 6.45) is 7.49. The molecule has 4 heteroatoms. The van der Waals surface area contributed by atoms with Gasteiger partial charge in [-0.05, 0) is 45.7 Å². The van der Waals surface area contributed by atoms with E-state index >= 15 is 0 Å². The van der Waals surface area contributed by atoms with Crippen molar-refractivity contribution in [1.82, 2.24) is 15.1 Å². The lowest BCUT2D eigenvalue weighted by molar-refractivity contribution is 0.192. The molecule has 2 heterocycles. The van der Waals surface area contributed by atoms with E-state index in [0.717, 1.165) is 32.5 Å². The van der Waals surface area contributed by atoms with Crippen LogP contribution in [-0.4, -0.2) is 54.6 Å². The van der Waals surface area contributed by atoms with E-state index in [9.17, 15) is 4.79 Å². The quantitative estimate of drug-likeness (QED) is 0.835. The molecule has 2 fully saturated rings. The molecule has 2 amide bonds. The van der Waals surface area contributed by atoms with Gasteiger partial charge < -0.3 is 15.1 Å². The molecule has 1 atom stereocenters. The third-order valence-corrected chi connectivity index (χ3v) is 3.99. The maximum Gasteiger partial charge on any atom is 0.317 e. The van der Waals surface area contributed by atoms with Crippen molar-refractivity contribution in [2.45, 2.75) is 51.5 Å². The number of carbonyl (C=O) groups is 1. The molecule has 4 nitrogen and oxygen atoms in total. The van der Waals surface area contributed by atoms with Crippen molar-refractivity contribution in [1.29, 1.82) is 0 Å². The molecule has 0 aliphatic carbocycles. The predicted molar refractivity (Wildman–Crippen MR) is 73.7 cm³/mol. The van der Waals surface area contributed by atoms with Crippen LogP contribution >= 0.6 is 0 Å². The zero-order valence-corrected chi connectivity index (χ0v) is 11.7. The Morgan fingerprint density at radius 3 is 2.17 bits per heavy atom. The zero-order valence-electron chi connectivity index (χ0n) is 11.7. The molecule has 2 rings (SSSR count). The molecule has 0 aromatic carbocycles. The lowest BCUT2D eigenvalue weighted by atomic mass is 10.2. The van der Waals surface area contributed by atoms with Crippen molar-refractivity contribution in [2.75, 3.05) is 32.7 Å². The molecule has 0 saturated carbocycles. The molecule has 104 valence electrons. The minimum absolute atomic E-state index is 0.142. The van der Waals surface area contributed by atoms with Crippen LogP contribution in [0.15, 0.2) is 0 Å². The SMILES string of the molecule is CC(CN1CCCC1)NC(=O)N1CCCCCC1. The first-order valence-corrected chi connectivity index (χ1v) is 7.53. The molecule has 2 aliphatic heterocycles. The number of hydrogen-bond acceptors (Lipinski definition) is 2. The summed E-state index contributed by atoms with van der Waals surface area (Å²) in [5.41, 5.74) is 0. The highest BCUT2D eigenvalue weighted by Gasteiger charge is 2.19. The second kappa shape index (κ2) is 6.98. The monoisotopic (exact) mass is 253 g/mol. The summed E-state index contributed by atoms with van der Waals surface area (Å²) in [7, 11) is 0. The predicted octanol–water partition coefficient (Wildman–Crippen LogP) is 2.06. The van der Waals surface area contributed by atoms with E-state index in [0.29, 0.717) is 0 Å². The van der Waals surface area contributed by atoms with Crippen LogP contribution in [0, 0.1) is 0 Å². The first-order chi connectivity index (χ1) is 8.75. The van der Waals surface area contributed by atoms with Crippen LogP contribution in [0.2, 0.25) is 0 Å². The second-order valence-electron chi connectivity index (χ2n) is 5.76. The second-order valence-corrected chi connectivity index (χ2v) is 5.76. The summed E-state index contributed by atoms with van der Waals surface area (Å²) in [4.78, 5) is 16.6. The normalized spacial score (nSPS) is 23.7. The average Bonchev–Trinajstić information content (AvgIpc) is 2.68. The van der Waals surface area contributed by atoms with Gasteiger partial charge >= 0.3 is 6.03 Å². The van der Waals surface area contributed by atoms with Gasteiger partial charge in [-0.1, -0.05) is 12.8 Å². The first kappa shape index (κ1) is 13.7. The number of nitrogens with zero attached hydrogens (tertiary/aromatic N) is 2. The largest absolute Gasteiger partial charge is 0.334 e. The van der Waals surface area contributed by atoms with Crippen LogP contribution in [0.4, 0.5) is 4.79 Å². The molecule has 0 spiro atoms. The smallest absolute Gasteiger partial charge is 0.317 e. The van der Waals surface area contributed by atoms with Gasteiger partial charge in [0.1, 0.15) is 0 Å². The van der Waals surface area contributed by atoms with E-state index in [1.54, 1.807) is 0 Å². The van der Waals surface area contributed by atoms with Gasteiger partial charge in [0, 0.05) is 25.7 Å². The van der Waals surface area contributed by atoms with Crippen LogP contribution in [0.25, 0.3) is 0 Å². The lowest BCUT2D eigenvalue weighted by Crippen LogP contribution is -2.47. The molecular weight excluding hydrogens is 226 g/mol. The van der Waals surface area contributed by atoms with E-state index in [1.807, 2.05) is 4.90 Å². The van der Waals surface area contributed by atoms with Crippen LogP contribution in [0.1, 0.15) is 45.4 Å². The van der Waals surface area contributed by atoms with Gasteiger partial charge in [0.25, 0.3) is 0 Å². The molecular formula is C14H27N3O. The minimum Gasteiger partial charge on any atom is -0.334 e. The maximum absolute atomic E-state index is 12.1. The molecule has 18 heavy (non-hydrogen) atoms. The van der Waals surface area contributed by atoms with Gasteiger partial charge in [-0.3, -0.25) is 0 Å². The fourth-order valence-electron chi connectivity index (χ4n) is 2.97. The molecule has 2 aliphatic rings. The Kier molecular flexibility index (Phi) is 5.29. The summed E-state index contributed by atoms with van der Waals surface area (Å²) >= 11 is 0. The molecule has 2 saturated heterocycles. The van der Waals surface area contributed by atoms with Crippen LogP contribution in [0.3, 0.4) is 0 Å². The average molecular weight is 253 g/mol. The Balaban J connectivity index is 1.71. The number of amides is 2. The van der Waals surface area contributed by atoms with Crippen molar-refractivity contribution < 1.29 is 4.79 Å². The highest BCUT2D eigenvalue weighted by atomic mass is 16.2. The van der Waals surface area contributed by atoms with Crippen molar-refractivity contribution in [2.24, 2.45) is 0 Å². The van der Waals surface area contributed by atoms with Crippen LogP contribution < -0.4 is 5.32 Å². The topological polar surface area (TPSA) is 35.6 Å². The molecule has 0 bridgehead atoms. The number of rotatable bonds is 3. The zero-order chi connectivity index (χ0) is 12.8. The van der Waals surface area contributed by atoms with E-state index in [4.69, 9.17) is 0 Å². The summed E-state index contributed by atoms with van der Waals surface area (Å²) in [5.74, 6) is 0. The number of likely N-dealkylation sites (tertiary alicyclic amines) is 2. The van der Waals surface area contributed by atoms with Crippen molar-refractivity contribution in [3.05, 3.63) is 0 Å². The van der Waals surface area contributed by atoms with E-state index in [2.05, 4.69) is 17.1 Å². The van der Waals surface area contributed by atoms with Gasteiger partial charge in [0.2, 0.25) is 0 Å². The molecule has 1 N–H and O–H groups in total.